The molecule has 0 spiro atoms. The largest absolute Gasteiger partial charge is 0.495 e. The predicted molar refractivity (Wildman–Crippen MR) is 215 cm³/mol. The maximum absolute atomic E-state index is 15.7. The van der Waals surface area contributed by atoms with Gasteiger partial charge in [-0.1, -0.05) is 42.5 Å². The molecular weight excluding hydrogens is 757 g/mol. The average molecular weight is 787 g/mol. The van der Waals surface area contributed by atoms with Crippen LogP contribution in [0.2, 0.25) is 0 Å². The first-order valence-corrected chi connectivity index (χ1v) is 18.7. The second kappa shape index (κ2) is 14.4. The van der Waals surface area contributed by atoms with Gasteiger partial charge in [0, 0.05) is 58.9 Å². The van der Waals surface area contributed by atoms with Crippen molar-refractivity contribution in [1.29, 1.82) is 0 Å². The van der Waals surface area contributed by atoms with E-state index in [4.69, 9.17) is 4.74 Å². The number of fused-ring (bicyclic) bond motifs is 4. The molecule has 0 aliphatic heterocycles. The summed E-state index contributed by atoms with van der Waals surface area (Å²) in [7, 11) is 1.57. The van der Waals surface area contributed by atoms with Crippen molar-refractivity contribution < 1.29 is 22.3 Å². The number of halogens is 4. The summed E-state index contributed by atoms with van der Waals surface area (Å²) in [6, 6.07) is 31.0. The summed E-state index contributed by atoms with van der Waals surface area (Å²) in [5, 5.41) is 19.0. The highest BCUT2D eigenvalue weighted by atomic mass is 19.1. The number of aromatic nitrogens is 8. The molecule has 59 heavy (non-hydrogen) atoms. The van der Waals surface area contributed by atoms with E-state index in [1.807, 2.05) is 85.1 Å². The molecule has 0 bridgehead atoms. The SMILES string of the molecule is COc1cnc2ccc([C@@H](Cc3ccc(-c4cc(F)c5nnc(Cc6ccc7ncccc7c6)n5c4)cc3)c3nnc4c(F)cc(-c5cc(F)cc(F)c5)cn34)cc2c1. The molecule has 0 radical (unpaired) electrons. The number of rotatable bonds is 9. The molecule has 10 aromatic rings. The maximum Gasteiger partial charge on any atom is 0.196 e. The first-order chi connectivity index (χ1) is 28.8. The molecule has 0 saturated carbocycles. The van der Waals surface area contributed by atoms with Crippen molar-refractivity contribution >= 4 is 33.1 Å². The summed E-state index contributed by atoms with van der Waals surface area (Å²) in [6.07, 6.45) is 7.66. The Kier molecular flexibility index (Phi) is 8.77. The summed E-state index contributed by atoms with van der Waals surface area (Å²) in [6.45, 7) is 0. The van der Waals surface area contributed by atoms with Gasteiger partial charge in [-0.25, -0.2) is 17.6 Å². The number of methoxy groups -OCH3 is 1. The molecule has 4 aromatic carbocycles. The molecule has 0 N–H and O–H groups in total. The summed E-state index contributed by atoms with van der Waals surface area (Å²) < 4.78 is 68.4. The lowest BCUT2D eigenvalue weighted by Gasteiger charge is -2.18. The lowest BCUT2D eigenvalue weighted by atomic mass is 9.89. The van der Waals surface area contributed by atoms with Crippen molar-refractivity contribution in [1.82, 2.24) is 39.2 Å². The first kappa shape index (κ1) is 35.8. The van der Waals surface area contributed by atoms with Gasteiger partial charge in [0.1, 0.15) is 29.0 Å². The molecule has 0 saturated heterocycles. The number of hydrogen-bond acceptors (Lipinski definition) is 7. The van der Waals surface area contributed by atoms with Crippen LogP contribution in [0.25, 0.3) is 55.4 Å². The molecule has 0 amide bonds. The van der Waals surface area contributed by atoms with E-state index in [9.17, 15) is 8.78 Å². The Bertz CT molecular complexity index is 3220. The number of ether oxygens (including phenoxy) is 1. The minimum atomic E-state index is -0.783. The molecule has 0 aliphatic rings. The molecule has 0 unspecified atom stereocenters. The maximum atomic E-state index is 15.7. The summed E-state index contributed by atoms with van der Waals surface area (Å²) in [4.78, 5) is 8.91. The number of benzene rings is 4. The molecule has 1 atom stereocenters. The smallest absolute Gasteiger partial charge is 0.196 e. The van der Waals surface area contributed by atoms with E-state index in [1.54, 1.807) is 30.1 Å². The fraction of sp³-hybridized carbons (Fsp3) is 0.0870. The van der Waals surface area contributed by atoms with Crippen LogP contribution >= 0.6 is 0 Å². The fourth-order valence-corrected chi connectivity index (χ4v) is 7.67. The van der Waals surface area contributed by atoms with Gasteiger partial charge in [-0.3, -0.25) is 18.8 Å². The minimum Gasteiger partial charge on any atom is -0.495 e. The lowest BCUT2D eigenvalue weighted by molar-refractivity contribution is 0.414. The molecular formula is C46H30F4N8O. The van der Waals surface area contributed by atoms with Crippen molar-refractivity contribution in [2.75, 3.05) is 7.11 Å². The Morgan fingerprint density at radius 2 is 1.29 bits per heavy atom. The second-order valence-electron chi connectivity index (χ2n) is 14.4. The Balaban J connectivity index is 1.02. The molecule has 0 fully saturated rings. The third-order valence-corrected chi connectivity index (χ3v) is 10.6. The third-order valence-electron chi connectivity index (χ3n) is 10.6. The number of hydrogen-bond donors (Lipinski definition) is 0. The highest BCUT2D eigenvalue weighted by Crippen LogP contribution is 2.34. The Labute approximate surface area is 333 Å². The van der Waals surface area contributed by atoms with Gasteiger partial charge in [-0.2, -0.15) is 0 Å². The lowest BCUT2D eigenvalue weighted by Crippen LogP contribution is -2.10. The van der Waals surface area contributed by atoms with Gasteiger partial charge in [-0.15, -0.1) is 20.4 Å². The van der Waals surface area contributed by atoms with E-state index in [0.29, 0.717) is 35.8 Å². The molecule has 9 nitrogen and oxygen atoms in total. The van der Waals surface area contributed by atoms with E-state index in [0.717, 1.165) is 62.3 Å². The zero-order chi connectivity index (χ0) is 40.2. The third kappa shape index (κ3) is 6.75. The normalized spacial score (nSPS) is 12.2. The Morgan fingerprint density at radius 3 is 2.08 bits per heavy atom. The van der Waals surface area contributed by atoms with Gasteiger partial charge in [0.15, 0.2) is 22.9 Å². The van der Waals surface area contributed by atoms with Gasteiger partial charge in [0.2, 0.25) is 0 Å². The fourth-order valence-electron chi connectivity index (χ4n) is 7.67. The predicted octanol–water partition coefficient (Wildman–Crippen LogP) is 9.73. The standard InChI is InChI=1S/C46H30F4N8O/c1-59-37-19-32-16-29(9-11-42(32)52-23-37)38(44-54-56-46-40(50)21-34(25-58(44)46)31-17-35(47)22-36(48)18-31)14-26-4-7-28(8-5-26)33-20-39(49)45-55-53-43(57(45)24-33)15-27-6-10-41-30(13-27)3-2-12-51-41/h2-13,16-25,38H,14-15H2,1H3/t38-/m1/s1. The highest BCUT2D eigenvalue weighted by molar-refractivity contribution is 5.81. The zero-order valence-electron chi connectivity index (χ0n) is 31.2. The highest BCUT2D eigenvalue weighted by Gasteiger charge is 2.24. The van der Waals surface area contributed by atoms with E-state index < -0.39 is 29.2 Å². The van der Waals surface area contributed by atoms with Crippen LogP contribution in [-0.4, -0.2) is 46.3 Å². The van der Waals surface area contributed by atoms with Crippen LogP contribution in [0.1, 0.15) is 34.3 Å². The van der Waals surface area contributed by atoms with Crippen LogP contribution in [-0.2, 0) is 12.8 Å². The molecule has 288 valence electrons. The molecule has 13 heteroatoms. The monoisotopic (exact) mass is 786 g/mol. The van der Waals surface area contributed by atoms with Crippen LogP contribution in [0.5, 0.6) is 5.75 Å². The molecule has 10 rings (SSSR count). The second-order valence-corrected chi connectivity index (χ2v) is 14.4. The summed E-state index contributed by atoms with van der Waals surface area (Å²) in [5.74, 6) is -1.66. The van der Waals surface area contributed by atoms with Gasteiger partial charge in [-0.05, 0) is 94.9 Å². The minimum absolute atomic E-state index is 0.0338. The van der Waals surface area contributed by atoms with Gasteiger partial charge in [0.25, 0.3) is 0 Å². The van der Waals surface area contributed by atoms with Crippen LogP contribution in [0.15, 0.2) is 134 Å². The Morgan fingerprint density at radius 1 is 0.593 bits per heavy atom. The van der Waals surface area contributed by atoms with Crippen LogP contribution in [0, 0.1) is 23.3 Å². The van der Waals surface area contributed by atoms with Crippen molar-refractivity contribution in [3.8, 4) is 28.0 Å². The Hall–Kier alpha value is -7.54. The van der Waals surface area contributed by atoms with Crippen molar-refractivity contribution in [3.63, 3.8) is 0 Å². The molecule has 6 heterocycles. The van der Waals surface area contributed by atoms with Gasteiger partial charge >= 0.3 is 0 Å². The topological polar surface area (TPSA) is 95.4 Å². The van der Waals surface area contributed by atoms with E-state index in [1.165, 1.54) is 16.5 Å². The summed E-state index contributed by atoms with van der Waals surface area (Å²) >= 11 is 0. The van der Waals surface area contributed by atoms with E-state index in [-0.39, 0.29) is 22.4 Å². The van der Waals surface area contributed by atoms with Crippen LogP contribution < -0.4 is 4.74 Å². The van der Waals surface area contributed by atoms with E-state index in [2.05, 4.69) is 30.4 Å². The zero-order valence-corrected chi connectivity index (χ0v) is 31.2. The van der Waals surface area contributed by atoms with Crippen molar-refractivity contribution in [2.45, 2.75) is 18.8 Å². The first-order valence-electron chi connectivity index (χ1n) is 18.7. The van der Waals surface area contributed by atoms with Crippen molar-refractivity contribution in [2.24, 2.45) is 0 Å². The van der Waals surface area contributed by atoms with Gasteiger partial charge < -0.3 is 4.74 Å². The van der Waals surface area contributed by atoms with Gasteiger partial charge in [0.05, 0.1) is 24.3 Å². The van der Waals surface area contributed by atoms with Crippen LogP contribution in [0.3, 0.4) is 0 Å². The molecule has 6 aromatic heterocycles. The number of nitrogens with zero attached hydrogens (tertiary/aromatic N) is 8. The van der Waals surface area contributed by atoms with E-state index >= 15 is 8.78 Å². The average Bonchev–Trinajstić information content (AvgIpc) is 3.87. The quantitative estimate of drug-likeness (QED) is 0.135. The number of pyridine rings is 4. The van der Waals surface area contributed by atoms with Crippen LogP contribution in [0.4, 0.5) is 17.6 Å². The summed E-state index contributed by atoms with van der Waals surface area (Å²) in [5.41, 5.74) is 6.30. The molecule has 0 aliphatic carbocycles. The van der Waals surface area contributed by atoms with Crippen molar-refractivity contribution in [3.05, 3.63) is 186 Å².